The van der Waals surface area contributed by atoms with E-state index < -0.39 is 73.1 Å². The highest BCUT2D eigenvalue weighted by molar-refractivity contribution is 7.15. The first-order valence-electron chi connectivity index (χ1n) is 16.2. The Morgan fingerprint density at radius 3 is 2.22 bits per heavy atom. The lowest BCUT2D eigenvalue weighted by atomic mass is 9.68. The van der Waals surface area contributed by atoms with Gasteiger partial charge in [0.1, 0.15) is 12.4 Å². The number of carboxylic acids is 3. The molecule has 0 saturated carbocycles. The summed E-state index contributed by atoms with van der Waals surface area (Å²) in [5.74, 6) is -6.13. The van der Waals surface area contributed by atoms with E-state index in [9.17, 15) is 34.5 Å². The number of benzene rings is 2. The number of esters is 1. The van der Waals surface area contributed by atoms with E-state index in [0.29, 0.717) is 23.6 Å². The Morgan fingerprint density at radius 1 is 0.878 bits per heavy atom. The van der Waals surface area contributed by atoms with Crippen LogP contribution in [0.1, 0.15) is 67.6 Å². The highest BCUT2D eigenvalue weighted by Crippen LogP contribution is 2.48. The van der Waals surface area contributed by atoms with Crippen LogP contribution in [0, 0.1) is 17.8 Å². The second kappa shape index (κ2) is 16.6. The Hall–Kier alpha value is -3.97. The predicted octanol–water partition coefficient (Wildman–Crippen LogP) is 6.84. The molecule has 0 amide bonds. The van der Waals surface area contributed by atoms with Gasteiger partial charge >= 0.3 is 23.9 Å². The Morgan fingerprint density at radius 2 is 1.57 bits per heavy atom. The fourth-order valence-electron chi connectivity index (χ4n) is 6.72. The summed E-state index contributed by atoms with van der Waals surface area (Å²) in [7, 11) is 0. The molecule has 1 unspecified atom stereocenters. The maximum absolute atomic E-state index is 12.1. The molecule has 0 bridgehead atoms. The van der Waals surface area contributed by atoms with E-state index in [1.165, 1.54) is 6.92 Å². The van der Waals surface area contributed by atoms with Crippen molar-refractivity contribution in [3.05, 3.63) is 75.6 Å². The van der Waals surface area contributed by atoms with Gasteiger partial charge in [-0.3, -0.25) is 19.2 Å². The van der Waals surface area contributed by atoms with Crippen LogP contribution in [-0.4, -0.2) is 64.8 Å². The number of carboxylic acid groups (broad SMARTS) is 3. The largest absolute Gasteiger partial charge is 0.481 e. The summed E-state index contributed by atoms with van der Waals surface area (Å²) in [6.45, 7) is 1.60. The van der Waals surface area contributed by atoms with Gasteiger partial charge in [-0.25, -0.2) is 0 Å². The molecule has 2 saturated heterocycles. The monoisotopic (exact) mass is 714 g/mol. The van der Waals surface area contributed by atoms with Gasteiger partial charge in [0.2, 0.25) is 0 Å². The molecule has 3 N–H and O–H groups in total. The average Bonchev–Trinajstić information content (AvgIpc) is 3.52. The fourth-order valence-corrected chi connectivity index (χ4v) is 7.94. The zero-order chi connectivity index (χ0) is 35.1. The van der Waals surface area contributed by atoms with Crippen LogP contribution >= 0.6 is 22.9 Å². The van der Waals surface area contributed by atoms with Gasteiger partial charge in [-0.1, -0.05) is 23.7 Å². The molecule has 2 aliphatic rings. The van der Waals surface area contributed by atoms with Crippen molar-refractivity contribution in [1.29, 1.82) is 0 Å². The van der Waals surface area contributed by atoms with E-state index in [-0.39, 0.29) is 12.9 Å². The number of thiophene rings is 1. The molecule has 0 aliphatic carbocycles. The Balaban J connectivity index is 1.39. The molecule has 11 nitrogen and oxygen atoms in total. The van der Waals surface area contributed by atoms with E-state index in [1.54, 1.807) is 23.5 Å². The van der Waals surface area contributed by atoms with Gasteiger partial charge in [0.25, 0.3) is 0 Å². The van der Waals surface area contributed by atoms with Gasteiger partial charge in [0, 0.05) is 52.8 Å². The highest BCUT2D eigenvalue weighted by Gasteiger charge is 2.48. The molecular formula is C36H39ClO11S. The summed E-state index contributed by atoms with van der Waals surface area (Å²) >= 11 is 8.27. The molecule has 49 heavy (non-hydrogen) atoms. The van der Waals surface area contributed by atoms with E-state index in [4.69, 9.17) is 30.5 Å². The molecule has 3 heterocycles. The molecule has 0 spiro atoms. The fraction of sp³-hybridized carbons (Fsp3) is 0.444. The Kier molecular flexibility index (Phi) is 12.3. The summed E-state index contributed by atoms with van der Waals surface area (Å²) in [5, 5.41) is 29.8. The lowest BCUT2D eigenvalue weighted by Gasteiger charge is -2.46. The van der Waals surface area contributed by atoms with Gasteiger partial charge in [-0.15, -0.1) is 11.3 Å². The Labute approximate surface area is 292 Å². The first-order chi connectivity index (χ1) is 23.5. The van der Waals surface area contributed by atoms with E-state index in [1.807, 2.05) is 42.5 Å². The number of carbonyl (C=O) groups excluding carboxylic acids is 1. The third kappa shape index (κ3) is 9.81. The maximum atomic E-state index is 12.1. The van der Waals surface area contributed by atoms with Crippen molar-refractivity contribution in [2.45, 2.75) is 70.4 Å². The van der Waals surface area contributed by atoms with Gasteiger partial charge in [-0.2, -0.15) is 0 Å². The number of carbonyl (C=O) groups is 4. The van der Waals surface area contributed by atoms with Crippen LogP contribution < -0.4 is 4.74 Å². The molecule has 3 aromatic rings. The highest BCUT2D eigenvalue weighted by atomic mass is 35.5. The number of hydrogen-bond acceptors (Lipinski definition) is 9. The summed E-state index contributed by atoms with van der Waals surface area (Å²) < 4.78 is 23.2. The van der Waals surface area contributed by atoms with Gasteiger partial charge in [0.05, 0.1) is 31.7 Å². The third-order valence-electron chi connectivity index (χ3n) is 8.94. The Bertz CT molecular complexity index is 1630. The smallest absolute Gasteiger partial charge is 0.303 e. The van der Waals surface area contributed by atoms with Crippen molar-refractivity contribution in [2.75, 3.05) is 13.2 Å². The molecule has 5 rings (SSSR count). The van der Waals surface area contributed by atoms with Crippen LogP contribution in [0.2, 0.25) is 5.02 Å². The molecule has 0 radical (unpaired) electrons. The summed E-state index contributed by atoms with van der Waals surface area (Å²) in [6, 6.07) is 17.1. The van der Waals surface area contributed by atoms with E-state index >= 15 is 0 Å². The van der Waals surface area contributed by atoms with Crippen molar-refractivity contribution < 1.29 is 53.4 Å². The van der Waals surface area contributed by atoms with Crippen molar-refractivity contribution in [1.82, 2.24) is 0 Å². The molecule has 2 aliphatic heterocycles. The number of halogens is 1. The normalized spacial score (nSPS) is 23.8. The maximum Gasteiger partial charge on any atom is 0.303 e. The lowest BCUT2D eigenvalue weighted by molar-refractivity contribution is -0.189. The topological polar surface area (TPSA) is 166 Å². The lowest BCUT2D eigenvalue weighted by Crippen LogP contribution is -2.48. The molecule has 6 atom stereocenters. The average molecular weight is 715 g/mol. The van der Waals surface area contributed by atoms with Gasteiger partial charge in [0.15, 0.2) is 6.29 Å². The number of ether oxygens (including phenoxy) is 4. The minimum absolute atomic E-state index is 0.221. The van der Waals surface area contributed by atoms with Crippen molar-refractivity contribution in [3.8, 4) is 16.2 Å². The summed E-state index contributed by atoms with van der Waals surface area (Å²) in [6.07, 6.45) is -0.0827. The molecule has 1 aromatic heterocycles. The third-order valence-corrected chi connectivity index (χ3v) is 10.4. The van der Waals surface area contributed by atoms with E-state index in [2.05, 4.69) is 0 Å². The molecule has 2 fully saturated rings. The molecule has 262 valence electrons. The number of rotatable bonds is 14. The van der Waals surface area contributed by atoms with Gasteiger partial charge in [-0.05, 0) is 77.9 Å². The van der Waals surface area contributed by atoms with Crippen molar-refractivity contribution >= 4 is 46.8 Å². The number of aliphatic carboxylic acids is 3. The predicted molar refractivity (Wildman–Crippen MR) is 180 cm³/mol. The summed E-state index contributed by atoms with van der Waals surface area (Å²) in [4.78, 5) is 49.7. The van der Waals surface area contributed by atoms with Gasteiger partial charge < -0.3 is 34.3 Å². The second-order valence-electron chi connectivity index (χ2n) is 12.4. The van der Waals surface area contributed by atoms with Crippen molar-refractivity contribution in [3.63, 3.8) is 0 Å². The SMILES string of the molecule is CC(=O)OC[C@@H]1O[C@H](c2ccc(Cl)c(Cc3ccc(-c4ccc(OC5CCCCO5)cc4)s3)c2)[C@@H](CC(=O)O)[C@@H](CC(=O)O)[C@H]1CC(=O)O. The minimum atomic E-state index is -1.20. The minimum Gasteiger partial charge on any atom is -0.481 e. The zero-order valence-corrected chi connectivity index (χ0v) is 28.5. The standard InChI is InChI=1S/C36H39ClO11S/c1-20(38)46-19-30-27(17-33(41)42)26(16-32(39)40)28(18-34(43)44)36(48-30)22-7-11-29(37)23(14-22)15-25-10-12-31(49-25)21-5-8-24(9-6-21)47-35-4-2-3-13-45-35/h5-12,14,26-28,30,35-36H,2-4,13,15-19H2,1H3,(H,39,40)(H,41,42)(H,43,44)/t26-,27+,28-,30-,35?,36+/m0/s1. The van der Waals surface area contributed by atoms with Crippen molar-refractivity contribution in [2.24, 2.45) is 17.8 Å². The molecular weight excluding hydrogens is 676 g/mol. The second-order valence-corrected chi connectivity index (χ2v) is 14.0. The van der Waals surface area contributed by atoms with Crippen LogP contribution in [0.5, 0.6) is 5.75 Å². The zero-order valence-electron chi connectivity index (χ0n) is 26.9. The van der Waals surface area contributed by atoms with Crippen LogP contribution in [0.4, 0.5) is 0 Å². The van der Waals surface area contributed by atoms with E-state index in [0.717, 1.165) is 45.9 Å². The molecule has 13 heteroatoms. The number of hydrogen-bond donors (Lipinski definition) is 3. The van der Waals surface area contributed by atoms with Crippen LogP contribution in [0.3, 0.4) is 0 Å². The van der Waals surface area contributed by atoms with Crippen LogP contribution in [0.15, 0.2) is 54.6 Å². The first-order valence-corrected chi connectivity index (χ1v) is 17.4. The van der Waals surface area contributed by atoms with Crippen LogP contribution in [-0.2, 0) is 39.8 Å². The molecule has 2 aromatic carbocycles. The van der Waals surface area contributed by atoms with Crippen LogP contribution in [0.25, 0.3) is 10.4 Å². The summed E-state index contributed by atoms with van der Waals surface area (Å²) in [5.41, 5.74) is 2.34. The quantitative estimate of drug-likeness (QED) is 0.150. The first kappa shape index (κ1) is 36.3.